The molecular formula is C6H5N5O. The SMILES string of the molecule is NC(=O)c1nc2cnccn2n1. The predicted octanol–water partition coefficient (Wildman–Crippen LogP) is -0.777. The number of primary amides is 1. The minimum absolute atomic E-state index is 0.00278. The van der Waals surface area contributed by atoms with Crippen molar-refractivity contribution in [3.8, 4) is 0 Å². The van der Waals surface area contributed by atoms with Crippen LogP contribution in [0.2, 0.25) is 0 Å². The van der Waals surface area contributed by atoms with Crippen molar-refractivity contribution in [3.63, 3.8) is 0 Å². The third kappa shape index (κ3) is 0.895. The van der Waals surface area contributed by atoms with Crippen LogP contribution in [0.15, 0.2) is 18.6 Å². The second kappa shape index (κ2) is 2.26. The van der Waals surface area contributed by atoms with Crippen LogP contribution in [0.25, 0.3) is 5.65 Å². The van der Waals surface area contributed by atoms with Crippen LogP contribution in [-0.4, -0.2) is 25.5 Å². The Bertz CT molecular complexity index is 401. The van der Waals surface area contributed by atoms with E-state index in [2.05, 4.69) is 15.1 Å². The van der Waals surface area contributed by atoms with Gasteiger partial charge in [0.05, 0.1) is 6.20 Å². The van der Waals surface area contributed by atoms with E-state index in [9.17, 15) is 4.79 Å². The number of nitrogens with two attached hydrogens (primary N) is 1. The number of amides is 1. The van der Waals surface area contributed by atoms with Gasteiger partial charge >= 0.3 is 0 Å². The van der Waals surface area contributed by atoms with Gasteiger partial charge in [-0.1, -0.05) is 0 Å². The van der Waals surface area contributed by atoms with Gasteiger partial charge in [-0.3, -0.25) is 9.78 Å². The van der Waals surface area contributed by atoms with Gasteiger partial charge in [0.2, 0.25) is 5.82 Å². The molecule has 1 amide bonds. The molecule has 2 aromatic heterocycles. The smallest absolute Gasteiger partial charge is 0.288 e. The van der Waals surface area contributed by atoms with Gasteiger partial charge in [0.25, 0.3) is 5.91 Å². The van der Waals surface area contributed by atoms with Gasteiger partial charge in [0.1, 0.15) is 0 Å². The monoisotopic (exact) mass is 163 g/mol. The molecule has 0 atom stereocenters. The lowest BCUT2D eigenvalue weighted by atomic mass is 10.6. The van der Waals surface area contributed by atoms with E-state index in [0.29, 0.717) is 5.65 Å². The number of carbonyl (C=O) groups excluding carboxylic acids is 1. The Morgan fingerprint density at radius 1 is 1.58 bits per heavy atom. The molecule has 6 heteroatoms. The predicted molar refractivity (Wildman–Crippen MR) is 39.3 cm³/mol. The van der Waals surface area contributed by atoms with Gasteiger partial charge in [-0.2, -0.15) is 0 Å². The van der Waals surface area contributed by atoms with E-state index < -0.39 is 5.91 Å². The number of hydrogen-bond donors (Lipinski definition) is 1. The Balaban J connectivity index is 2.70. The van der Waals surface area contributed by atoms with Crippen molar-refractivity contribution in [2.45, 2.75) is 0 Å². The van der Waals surface area contributed by atoms with E-state index in [1.165, 1.54) is 10.7 Å². The van der Waals surface area contributed by atoms with Crippen molar-refractivity contribution >= 4 is 11.6 Å². The lowest BCUT2D eigenvalue weighted by molar-refractivity contribution is 0.0990. The number of aromatic nitrogens is 4. The highest BCUT2D eigenvalue weighted by molar-refractivity contribution is 5.89. The maximum Gasteiger partial charge on any atom is 0.288 e. The van der Waals surface area contributed by atoms with Crippen LogP contribution < -0.4 is 5.73 Å². The number of fused-ring (bicyclic) bond motifs is 1. The average Bonchev–Trinajstić information content (AvgIpc) is 2.46. The first-order valence-electron chi connectivity index (χ1n) is 3.23. The molecule has 0 aromatic carbocycles. The van der Waals surface area contributed by atoms with Crippen molar-refractivity contribution in [3.05, 3.63) is 24.4 Å². The van der Waals surface area contributed by atoms with Crippen LogP contribution in [0.3, 0.4) is 0 Å². The zero-order valence-corrected chi connectivity index (χ0v) is 6.01. The summed E-state index contributed by atoms with van der Waals surface area (Å²) in [4.78, 5) is 18.3. The van der Waals surface area contributed by atoms with Gasteiger partial charge in [-0.15, -0.1) is 5.10 Å². The van der Waals surface area contributed by atoms with Gasteiger partial charge in [0, 0.05) is 12.4 Å². The van der Waals surface area contributed by atoms with Crippen LogP contribution in [0.4, 0.5) is 0 Å². The summed E-state index contributed by atoms with van der Waals surface area (Å²) in [7, 11) is 0. The zero-order valence-electron chi connectivity index (χ0n) is 6.01. The van der Waals surface area contributed by atoms with Crippen molar-refractivity contribution in [1.82, 2.24) is 19.6 Å². The number of carbonyl (C=O) groups is 1. The summed E-state index contributed by atoms with van der Waals surface area (Å²) in [6.07, 6.45) is 4.64. The third-order valence-electron chi connectivity index (χ3n) is 1.36. The molecule has 2 rings (SSSR count). The Morgan fingerprint density at radius 2 is 2.42 bits per heavy atom. The van der Waals surface area contributed by atoms with Crippen molar-refractivity contribution < 1.29 is 4.79 Å². The number of rotatable bonds is 1. The summed E-state index contributed by atoms with van der Waals surface area (Å²) in [5, 5.41) is 3.80. The molecule has 0 saturated heterocycles. The van der Waals surface area contributed by atoms with Crippen LogP contribution in [0, 0.1) is 0 Å². The van der Waals surface area contributed by atoms with Gasteiger partial charge in [-0.05, 0) is 0 Å². The molecule has 6 nitrogen and oxygen atoms in total. The highest BCUT2D eigenvalue weighted by Crippen LogP contribution is 1.96. The lowest BCUT2D eigenvalue weighted by Crippen LogP contribution is -2.12. The summed E-state index contributed by atoms with van der Waals surface area (Å²) in [6.45, 7) is 0. The summed E-state index contributed by atoms with van der Waals surface area (Å²) in [5.74, 6) is -0.637. The second-order valence-electron chi connectivity index (χ2n) is 2.18. The Morgan fingerprint density at radius 3 is 3.08 bits per heavy atom. The molecule has 2 aromatic rings. The van der Waals surface area contributed by atoms with E-state index in [-0.39, 0.29) is 5.82 Å². The van der Waals surface area contributed by atoms with Crippen molar-refractivity contribution in [2.75, 3.05) is 0 Å². The fourth-order valence-corrected chi connectivity index (χ4v) is 0.849. The van der Waals surface area contributed by atoms with Crippen LogP contribution in [-0.2, 0) is 0 Å². The second-order valence-corrected chi connectivity index (χ2v) is 2.18. The average molecular weight is 163 g/mol. The van der Waals surface area contributed by atoms with Crippen LogP contribution in [0.1, 0.15) is 10.6 Å². The molecule has 12 heavy (non-hydrogen) atoms. The molecule has 0 spiro atoms. The van der Waals surface area contributed by atoms with E-state index in [0.717, 1.165) is 0 Å². The minimum atomic E-state index is -0.640. The molecule has 2 heterocycles. The normalized spacial score (nSPS) is 10.3. The topological polar surface area (TPSA) is 86.2 Å². The Labute approximate surface area is 67.0 Å². The van der Waals surface area contributed by atoms with Crippen molar-refractivity contribution in [2.24, 2.45) is 5.73 Å². The first-order chi connectivity index (χ1) is 5.77. The lowest BCUT2D eigenvalue weighted by Gasteiger charge is -1.84. The number of hydrogen-bond acceptors (Lipinski definition) is 4. The first kappa shape index (κ1) is 6.71. The Kier molecular flexibility index (Phi) is 1.26. The quantitative estimate of drug-likeness (QED) is 0.597. The standard InChI is InChI=1S/C6H5N5O/c7-5(12)6-9-4-3-8-1-2-11(4)10-6/h1-3H,(H2,7,12). The summed E-state index contributed by atoms with van der Waals surface area (Å²) >= 11 is 0. The van der Waals surface area contributed by atoms with Crippen LogP contribution >= 0.6 is 0 Å². The van der Waals surface area contributed by atoms with E-state index in [1.807, 2.05) is 0 Å². The molecule has 60 valence electrons. The fraction of sp³-hybridized carbons (Fsp3) is 0. The van der Waals surface area contributed by atoms with E-state index in [1.54, 1.807) is 12.4 Å². The summed E-state index contributed by atoms with van der Waals surface area (Å²) in [6, 6.07) is 0. The maximum atomic E-state index is 10.6. The van der Waals surface area contributed by atoms with Gasteiger partial charge < -0.3 is 5.73 Å². The highest BCUT2D eigenvalue weighted by atomic mass is 16.1. The first-order valence-corrected chi connectivity index (χ1v) is 3.23. The molecule has 0 fully saturated rings. The zero-order chi connectivity index (χ0) is 8.55. The largest absolute Gasteiger partial charge is 0.363 e. The molecule has 0 aliphatic carbocycles. The number of nitrogens with zero attached hydrogens (tertiary/aromatic N) is 4. The van der Waals surface area contributed by atoms with Crippen molar-refractivity contribution in [1.29, 1.82) is 0 Å². The maximum absolute atomic E-state index is 10.6. The fourth-order valence-electron chi connectivity index (χ4n) is 0.849. The molecule has 0 aliphatic heterocycles. The molecular weight excluding hydrogens is 158 g/mol. The van der Waals surface area contributed by atoms with E-state index >= 15 is 0 Å². The minimum Gasteiger partial charge on any atom is -0.363 e. The Hall–Kier alpha value is -1.98. The van der Waals surface area contributed by atoms with Gasteiger partial charge in [0.15, 0.2) is 5.65 Å². The molecule has 0 radical (unpaired) electrons. The van der Waals surface area contributed by atoms with E-state index in [4.69, 9.17) is 5.73 Å². The molecule has 0 saturated carbocycles. The molecule has 0 unspecified atom stereocenters. The molecule has 0 aliphatic rings. The van der Waals surface area contributed by atoms with Gasteiger partial charge in [-0.25, -0.2) is 9.50 Å². The summed E-state index contributed by atoms with van der Waals surface area (Å²) < 4.78 is 1.44. The molecule has 0 bridgehead atoms. The summed E-state index contributed by atoms with van der Waals surface area (Å²) in [5.41, 5.74) is 5.49. The van der Waals surface area contributed by atoms with Crippen LogP contribution in [0.5, 0.6) is 0 Å². The molecule has 2 N–H and O–H groups in total. The third-order valence-corrected chi connectivity index (χ3v) is 1.36. The highest BCUT2D eigenvalue weighted by Gasteiger charge is 2.07.